The second-order valence-electron chi connectivity index (χ2n) is 5.74. The van der Waals surface area contributed by atoms with Crippen molar-refractivity contribution in [3.05, 3.63) is 47.3 Å². The number of amides is 1. The molecule has 1 aliphatic heterocycles. The van der Waals surface area contributed by atoms with E-state index in [0.29, 0.717) is 17.1 Å². The standard InChI is InChI=1S/C17H21N3O2/c1-12-15(13(2)22-19-12)18-17(21)16(20-10-6-7-11-20)14-8-4-3-5-9-14/h3-5,8-9,16H,6-7,10-11H2,1-2H3,(H,18,21). The van der Waals surface area contributed by atoms with Gasteiger partial charge in [0.25, 0.3) is 0 Å². The van der Waals surface area contributed by atoms with E-state index in [1.807, 2.05) is 44.2 Å². The molecule has 1 aromatic carbocycles. The Labute approximate surface area is 130 Å². The molecule has 2 heterocycles. The molecule has 0 radical (unpaired) electrons. The van der Waals surface area contributed by atoms with Crippen LogP contribution in [-0.2, 0) is 4.79 Å². The van der Waals surface area contributed by atoms with Crippen LogP contribution in [0.4, 0.5) is 5.69 Å². The maximum absolute atomic E-state index is 12.9. The fraction of sp³-hybridized carbons (Fsp3) is 0.412. The second kappa shape index (κ2) is 6.32. The summed E-state index contributed by atoms with van der Waals surface area (Å²) in [6.07, 6.45) is 2.28. The van der Waals surface area contributed by atoms with Gasteiger partial charge in [0.2, 0.25) is 5.91 Å². The van der Waals surface area contributed by atoms with E-state index >= 15 is 0 Å². The second-order valence-corrected chi connectivity index (χ2v) is 5.74. The van der Waals surface area contributed by atoms with Crippen LogP contribution in [0.25, 0.3) is 0 Å². The van der Waals surface area contributed by atoms with Crippen LogP contribution in [0.1, 0.15) is 35.9 Å². The summed E-state index contributed by atoms with van der Waals surface area (Å²) >= 11 is 0. The zero-order valence-corrected chi connectivity index (χ0v) is 13.0. The van der Waals surface area contributed by atoms with Crippen LogP contribution < -0.4 is 5.32 Å². The number of aryl methyl sites for hydroxylation is 2. The number of aromatic nitrogens is 1. The maximum Gasteiger partial charge on any atom is 0.246 e. The Hall–Kier alpha value is -2.14. The summed E-state index contributed by atoms with van der Waals surface area (Å²) in [7, 11) is 0. The third kappa shape index (κ3) is 2.90. The van der Waals surface area contributed by atoms with Crippen molar-refractivity contribution in [3.63, 3.8) is 0 Å². The zero-order chi connectivity index (χ0) is 15.5. The van der Waals surface area contributed by atoms with Gasteiger partial charge in [-0.15, -0.1) is 0 Å². The van der Waals surface area contributed by atoms with Crippen LogP contribution >= 0.6 is 0 Å². The molecule has 1 N–H and O–H groups in total. The van der Waals surface area contributed by atoms with E-state index in [2.05, 4.69) is 15.4 Å². The number of anilines is 1. The summed E-state index contributed by atoms with van der Waals surface area (Å²) in [6.45, 7) is 5.55. The van der Waals surface area contributed by atoms with Gasteiger partial charge in [-0.2, -0.15) is 0 Å². The van der Waals surface area contributed by atoms with Gasteiger partial charge < -0.3 is 9.84 Å². The van der Waals surface area contributed by atoms with E-state index in [0.717, 1.165) is 31.5 Å². The van der Waals surface area contributed by atoms with Crippen LogP contribution in [0.3, 0.4) is 0 Å². The fourth-order valence-corrected chi connectivity index (χ4v) is 3.02. The molecular weight excluding hydrogens is 278 g/mol. The van der Waals surface area contributed by atoms with Gasteiger partial charge in [-0.25, -0.2) is 0 Å². The van der Waals surface area contributed by atoms with Gasteiger partial charge >= 0.3 is 0 Å². The molecule has 5 heteroatoms. The average molecular weight is 299 g/mol. The SMILES string of the molecule is Cc1noc(C)c1NC(=O)C(c1ccccc1)N1CCCC1. The lowest BCUT2D eigenvalue weighted by molar-refractivity contribution is -0.121. The van der Waals surface area contributed by atoms with Crippen molar-refractivity contribution in [2.24, 2.45) is 0 Å². The summed E-state index contributed by atoms with van der Waals surface area (Å²) in [5.74, 6) is 0.613. The number of hydrogen-bond donors (Lipinski definition) is 1. The molecule has 5 nitrogen and oxygen atoms in total. The average Bonchev–Trinajstić information content (AvgIpc) is 3.14. The van der Waals surface area contributed by atoms with Crippen molar-refractivity contribution < 1.29 is 9.32 Å². The molecule has 1 saturated heterocycles. The summed E-state index contributed by atoms with van der Waals surface area (Å²) in [6, 6.07) is 9.67. The number of carbonyl (C=O) groups excluding carboxylic acids is 1. The summed E-state index contributed by atoms with van der Waals surface area (Å²) < 4.78 is 5.13. The number of benzene rings is 1. The molecule has 1 aliphatic rings. The molecule has 0 bridgehead atoms. The molecule has 22 heavy (non-hydrogen) atoms. The molecule has 3 rings (SSSR count). The fourth-order valence-electron chi connectivity index (χ4n) is 3.02. The smallest absolute Gasteiger partial charge is 0.246 e. The number of hydrogen-bond acceptors (Lipinski definition) is 4. The van der Waals surface area contributed by atoms with Gasteiger partial charge in [-0.3, -0.25) is 9.69 Å². The Morgan fingerprint density at radius 1 is 1.23 bits per heavy atom. The molecule has 2 aromatic rings. The normalized spacial score (nSPS) is 16.6. The lowest BCUT2D eigenvalue weighted by Gasteiger charge is -2.26. The summed E-state index contributed by atoms with van der Waals surface area (Å²) in [4.78, 5) is 15.1. The summed E-state index contributed by atoms with van der Waals surface area (Å²) in [5.41, 5.74) is 2.41. The van der Waals surface area contributed by atoms with E-state index in [1.54, 1.807) is 0 Å². The van der Waals surface area contributed by atoms with Crippen LogP contribution in [0.2, 0.25) is 0 Å². The van der Waals surface area contributed by atoms with Gasteiger partial charge in [0.1, 0.15) is 17.4 Å². The van der Waals surface area contributed by atoms with Crippen molar-refractivity contribution in [2.45, 2.75) is 32.7 Å². The lowest BCUT2D eigenvalue weighted by atomic mass is 10.0. The highest BCUT2D eigenvalue weighted by Crippen LogP contribution is 2.28. The van der Waals surface area contributed by atoms with Gasteiger partial charge in [-0.1, -0.05) is 35.5 Å². The number of nitrogens with one attached hydrogen (secondary N) is 1. The van der Waals surface area contributed by atoms with Crippen LogP contribution in [-0.4, -0.2) is 29.1 Å². The number of nitrogens with zero attached hydrogens (tertiary/aromatic N) is 2. The van der Waals surface area contributed by atoms with Crippen LogP contribution in [0.15, 0.2) is 34.9 Å². The first kappa shape index (κ1) is 14.8. The molecule has 1 aromatic heterocycles. The Morgan fingerprint density at radius 3 is 2.50 bits per heavy atom. The minimum absolute atomic E-state index is 0.0255. The van der Waals surface area contributed by atoms with E-state index in [-0.39, 0.29) is 11.9 Å². The van der Waals surface area contributed by atoms with Crippen LogP contribution in [0, 0.1) is 13.8 Å². The zero-order valence-electron chi connectivity index (χ0n) is 13.0. The quantitative estimate of drug-likeness (QED) is 0.942. The Balaban J connectivity index is 1.87. The van der Waals surface area contributed by atoms with Gasteiger partial charge in [0.05, 0.1) is 0 Å². The number of rotatable bonds is 4. The van der Waals surface area contributed by atoms with E-state index in [4.69, 9.17) is 4.52 Å². The number of likely N-dealkylation sites (tertiary alicyclic amines) is 1. The highest BCUT2D eigenvalue weighted by Gasteiger charge is 2.30. The lowest BCUT2D eigenvalue weighted by Crippen LogP contribution is -2.35. The Morgan fingerprint density at radius 2 is 1.91 bits per heavy atom. The predicted molar refractivity (Wildman–Crippen MR) is 84.6 cm³/mol. The first-order chi connectivity index (χ1) is 10.7. The topological polar surface area (TPSA) is 58.4 Å². The van der Waals surface area contributed by atoms with Gasteiger partial charge in [-0.05, 0) is 45.3 Å². The van der Waals surface area contributed by atoms with E-state index < -0.39 is 0 Å². The van der Waals surface area contributed by atoms with Crippen molar-refractivity contribution >= 4 is 11.6 Å². The minimum Gasteiger partial charge on any atom is -0.359 e. The monoisotopic (exact) mass is 299 g/mol. The van der Waals surface area contributed by atoms with Crippen LogP contribution in [0.5, 0.6) is 0 Å². The third-order valence-corrected chi connectivity index (χ3v) is 4.15. The van der Waals surface area contributed by atoms with E-state index in [9.17, 15) is 4.79 Å². The Bertz CT molecular complexity index is 626. The van der Waals surface area contributed by atoms with E-state index in [1.165, 1.54) is 0 Å². The molecule has 0 saturated carbocycles. The molecule has 1 atom stereocenters. The van der Waals surface area contributed by atoms with Crippen molar-refractivity contribution in [2.75, 3.05) is 18.4 Å². The number of carbonyl (C=O) groups is 1. The predicted octanol–water partition coefficient (Wildman–Crippen LogP) is 3.07. The molecular formula is C17H21N3O2. The van der Waals surface area contributed by atoms with Gasteiger partial charge in [0.15, 0.2) is 5.76 Å². The highest BCUT2D eigenvalue weighted by atomic mass is 16.5. The van der Waals surface area contributed by atoms with Crippen molar-refractivity contribution in [3.8, 4) is 0 Å². The third-order valence-electron chi connectivity index (χ3n) is 4.15. The molecule has 1 amide bonds. The largest absolute Gasteiger partial charge is 0.359 e. The molecule has 116 valence electrons. The first-order valence-electron chi connectivity index (χ1n) is 7.69. The van der Waals surface area contributed by atoms with Gasteiger partial charge in [0, 0.05) is 0 Å². The minimum atomic E-state index is -0.266. The van der Waals surface area contributed by atoms with Crippen molar-refractivity contribution in [1.29, 1.82) is 0 Å². The molecule has 1 fully saturated rings. The summed E-state index contributed by atoms with van der Waals surface area (Å²) in [5, 5.41) is 6.89. The highest BCUT2D eigenvalue weighted by molar-refractivity contribution is 5.96. The molecule has 1 unspecified atom stereocenters. The molecule has 0 aliphatic carbocycles. The maximum atomic E-state index is 12.9. The Kier molecular flexibility index (Phi) is 4.24. The van der Waals surface area contributed by atoms with Crippen molar-refractivity contribution in [1.82, 2.24) is 10.1 Å². The molecule has 0 spiro atoms. The first-order valence-corrected chi connectivity index (χ1v) is 7.69.